The van der Waals surface area contributed by atoms with Gasteiger partial charge in [0.15, 0.2) is 0 Å². The van der Waals surface area contributed by atoms with E-state index in [-0.39, 0.29) is 5.91 Å². The van der Waals surface area contributed by atoms with Crippen LogP contribution in [0.25, 0.3) is 10.6 Å². The summed E-state index contributed by atoms with van der Waals surface area (Å²) in [6.07, 6.45) is 3.26. The van der Waals surface area contributed by atoms with Crippen LogP contribution >= 0.6 is 22.9 Å². The van der Waals surface area contributed by atoms with Gasteiger partial charge < -0.3 is 5.32 Å². The Labute approximate surface area is 136 Å². The molecule has 0 spiro atoms. The zero-order chi connectivity index (χ0) is 15.5. The lowest BCUT2D eigenvalue weighted by molar-refractivity contribution is 0.103. The maximum atomic E-state index is 12.4. The van der Waals surface area contributed by atoms with Gasteiger partial charge in [0.05, 0.1) is 5.69 Å². The molecular formula is C16H12ClN3OS. The molecule has 1 amide bonds. The van der Waals surface area contributed by atoms with Crippen molar-refractivity contribution in [3.05, 3.63) is 64.4 Å². The lowest BCUT2D eigenvalue weighted by atomic mass is 10.2. The highest BCUT2D eigenvalue weighted by Gasteiger charge is 2.16. The number of benzene rings is 1. The molecule has 22 heavy (non-hydrogen) atoms. The van der Waals surface area contributed by atoms with Gasteiger partial charge in [0, 0.05) is 28.7 Å². The first-order chi connectivity index (χ1) is 10.6. The quantitative estimate of drug-likeness (QED) is 0.774. The molecule has 0 aliphatic rings. The molecule has 3 aromatic rings. The third-order valence-electron chi connectivity index (χ3n) is 3.01. The van der Waals surface area contributed by atoms with Gasteiger partial charge in [-0.1, -0.05) is 23.7 Å². The highest BCUT2D eigenvalue weighted by atomic mass is 35.5. The molecule has 0 aliphatic carbocycles. The second-order valence-corrected chi connectivity index (χ2v) is 6.07. The summed E-state index contributed by atoms with van der Waals surface area (Å²) < 4.78 is 0. The predicted octanol–water partition coefficient (Wildman–Crippen LogP) is 4.42. The number of anilines is 1. The zero-order valence-electron chi connectivity index (χ0n) is 11.7. The summed E-state index contributed by atoms with van der Waals surface area (Å²) in [6, 6.07) is 10.9. The van der Waals surface area contributed by atoms with Crippen molar-refractivity contribution in [3.8, 4) is 10.6 Å². The van der Waals surface area contributed by atoms with Crippen LogP contribution in [0.2, 0.25) is 5.02 Å². The van der Waals surface area contributed by atoms with Crippen LogP contribution in [0, 0.1) is 6.92 Å². The SMILES string of the molecule is Cc1nc(-c2cccc(Cl)c2)sc1C(=O)Nc1ccncc1. The maximum Gasteiger partial charge on any atom is 0.267 e. The minimum Gasteiger partial charge on any atom is -0.321 e. The summed E-state index contributed by atoms with van der Waals surface area (Å²) in [5, 5.41) is 4.26. The third kappa shape index (κ3) is 3.16. The Bertz CT molecular complexity index is 817. The molecule has 2 heterocycles. The Morgan fingerprint density at radius 2 is 2.00 bits per heavy atom. The van der Waals surface area contributed by atoms with Crippen LogP contribution in [0.4, 0.5) is 5.69 Å². The van der Waals surface area contributed by atoms with E-state index in [4.69, 9.17) is 11.6 Å². The summed E-state index contributed by atoms with van der Waals surface area (Å²) in [5.74, 6) is -0.172. The first-order valence-corrected chi connectivity index (χ1v) is 7.77. The Morgan fingerprint density at radius 1 is 1.23 bits per heavy atom. The Balaban J connectivity index is 1.88. The third-order valence-corrected chi connectivity index (χ3v) is 4.45. The zero-order valence-corrected chi connectivity index (χ0v) is 13.3. The van der Waals surface area contributed by atoms with Gasteiger partial charge in [-0.05, 0) is 31.2 Å². The van der Waals surface area contributed by atoms with Crippen molar-refractivity contribution in [2.75, 3.05) is 5.32 Å². The molecule has 0 fully saturated rings. The molecule has 4 nitrogen and oxygen atoms in total. The monoisotopic (exact) mass is 329 g/mol. The van der Waals surface area contributed by atoms with Gasteiger partial charge in [-0.25, -0.2) is 4.98 Å². The van der Waals surface area contributed by atoms with Crippen molar-refractivity contribution in [2.24, 2.45) is 0 Å². The summed E-state index contributed by atoms with van der Waals surface area (Å²) in [4.78, 5) is 21.3. The lowest BCUT2D eigenvalue weighted by Crippen LogP contribution is -2.11. The fourth-order valence-corrected chi connectivity index (χ4v) is 3.12. The predicted molar refractivity (Wildman–Crippen MR) is 89.5 cm³/mol. The molecular weight excluding hydrogens is 318 g/mol. The number of amides is 1. The standard InChI is InChI=1S/C16H12ClN3OS/c1-10-14(15(21)20-13-5-7-18-8-6-13)22-16(19-10)11-3-2-4-12(17)9-11/h2-9H,1H3,(H,18,20,21). The first-order valence-electron chi connectivity index (χ1n) is 6.58. The van der Waals surface area contributed by atoms with Crippen molar-refractivity contribution in [1.29, 1.82) is 0 Å². The Kier molecular flexibility index (Phi) is 4.18. The molecule has 0 unspecified atom stereocenters. The highest BCUT2D eigenvalue weighted by Crippen LogP contribution is 2.29. The van der Waals surface area contributed by atoms with E-state index in [9.17, 15) is 4.79 Å². The van der Waals surface area contributed by atoms with E-state index >= 15 is 0 Å². The number of hydrogen-bond donors (Lipinski definition) is 1. The van der Waals surface area contributed by atoms with E-state index in [1.54, 1.807) is 24.5 Å². The number of rotatable bonds is 3. The van der Waals surface area contributed by atoms with Crippen molar-refractivity contribution in [2.45, 2.75) is 6.92 Å². The van der Waals surface area contributed by atoms with Gasteiger partial charge in [0.25, 0.3) is 5.91 Å². The van der Waals surface area contributed by atoms with E-state index in [0.717, 1.165) is 10.6 Å². The van der Waals surface area contributed by atoms with Crippen molar-refractivity contribution < 1.29 is 4.79 Å². The van der Waals surface area contributed by atoms with Gasteiger partial charge in [-0.2, -0.15) is 0 Å². The molecule has 2 aromatic heterocycles. The van der Waals surface area contributed by atoms with E-state index < -0.39 is 0 Å². The van der Waals surface area contributed by atoms with Crippen molar-refractivity contribution in [1.82, 2.24) is 9.97 Å². The molecule has 0 bridgehead atoms. The normalized spacial score (nSPS) is 10.5. The van der Waals surface area contributed by atoms with Crippen LogP contribution in [0.3, 0.4) is 0 Å². The van der Waals surface area contributed by atoms with Gasteiger partial charge in [-0.3, -0.25) is 9.78 Å². The second-order valence-electron chi connectivity index (χ2n) is 4.63. The number of halogens is 1. The maximum absolute atomic E-state index is 12.4. The summed E-state index contributed by atoms with van der Waals surface area (Å²) in [5.41, 5.74) is 2.31. The van der Waals surface area contributed by atoms with E-state index in [0.29, 0.717) is 21.3 Å². The smallest absolute Gasteiger partial charge is 0.267 e. The Hall–Kier alpha value is -2.24. The molecule has 0 saturated heterocycles. The molecule has 6 heteroatoms. The number of thiazole rings is 1. The topological polar surface area (TPSA) is 54.9 Å². The van der Waals surface area contributed by atoms with Crippen LogP contribution in [-0.4, -0.2) is 15.9 Å². The van der Waals surface area contributed by atoms with Gasteiger partial charge in [0.2, 0.25) is 0 Å². The van der Waals surface area contributed by atoms with Crippen LogP contribution < -0.4 is 5.32 Å². The summed E-state index contributed by atoms with van der Waals surface area (Å²) in [6.45, 7) is 1.83. The molecule has 0 atom stereocenters. The van der Waals surface area contributed by atoms with Gasteiger partial charge >= 0.3 is 0 Å². The van der Waals surface area contributed by atoms with E-state index in [2.05, 4.69) is 15.3 Å². The van der Waals surface area contributed by atoms with Crippen LogP contribution in [0.15, 0.2) is 48.8 Å². The minimum absolute atomic E-state index is 0.172. The molecule has 110 valence electrons. The number of pyridine rings is 1. The number of nitrogens with zero attached hydrogens (tertiary/aromatic N) is 2. The van der Waals surface area contributed by atoms with Gasteiger partial charge in [-0.15, -0.1) is 11.3 Å². The molecule has 0 aliphatic heterocycles. The highest BCUT2D eigenvalue weighted by molar-refractivity contribution is 7.17. The minimum atomic E-state index is -0.172. The molecule has 0 saturated carbocycles. The van der Waals surface area contributed by atoms with Crippen LogP contribution in [0.5, 0.6) is 0 Å². The lowest BCUT2D eigenvalue weighted by Gasteiger charge is -2.02. The van der Waals surface area contributed by atoms with Crippen molar-refractivity contribution >= 4 is 34.5 Å². The largest absolute Gasteiger partial charge is 0.321 e. The Morgan fingerprint density at radius 3 is 2.73 bits per heavy atom. The molecule has 1 aromatic carbocycles. The second kappa shape index (κ2) is 6.25. The number of carbonyl (C=O) groups excluding carboxylic acids is 1. The number of hydrogen-bond acceptors (Lipinski definition) is 4. The van der Waals surface area contributed by atoms with Crippen LogP contribution in [-0.2, 0) is 0 Å². The number of aromatic nitrogens is 2. The first kappa shape index (κ1) is 14.7. The van der Waals surface area contributed by atoms with Gasteiger partial charge in [0.1, 0.15) is 9.88 Å². The fourth-order valence-electron chi connectivity index (χ4n) is 1.98. The van der Waals surface area contributed by atoms with Crippen molar-refractivity contribution in [3.63, 3.8) is 0 Å². The molecule has 3 rings (SSSR count). The molecule has 0 radical (unpaired) electrons. The van der Waals surface area contributed by atoms with E-state index in [1.165, 1.54) is 11.3 Å². The van der Waals surface area contributed by atoms with E-state index in [1.807, 2.05) is 31.2 Å². The number of nitrogens with one attached hydrogen (secondary N) is 1. The molecule has 1 N–H and O–H groups in total. The summed E-state index contributed by atoms with van der Waals surface area (Å²) in [7, 11) is 0. The fraction of sp³-hybridized carbons (Fsp3) is 0.0625. The number of carbonyl (C=O) groups is 1. The average Bonchev–Trinajstić information content (AvgIpc) is 2.90. The number of aryl methyl sites for hydroxylation is 1. The summed E-state index contributed by atoms with van der Waals surface area (Å²) >= 11 is 7.35. The van der Waals surface area contributed by atoms with Crippen LogP contribution in [0.1, 0.15) is 15.4 Å². The average molecular weight is 330 g/mol.